The van der Waals surface area contributed by atoms with Crippen LogP contribution in [0.3, 0.4) is 0 Å². The number of aromatic nitrogens is 4. The van der Waals surface area contributed by atoms with Gasteiger partial charge in [0.2, 0.25) is 5.91 Å². The van der Waals surface area contributed by atoms with Crippen LogP contribution in [-0.4, -0.2) is 37.2 Å². The van der Waals surface area contributed by atoms with Crippen molar-refractivity contribution in [3.8, 4) is 0 Å². The van der Waals surface area contributed by atoms with E-state index in [4.69, 9.17) is 16.7 Å². The van der Waals surface area contributed by atoms with Crippen molar-refractivity contribution in [3.63, 3.8) is 0 Å². The Morgan fingerprint density at radius 2 is 2.23 bits per heavy atom. The molecule has 10 heteroatoms. The van der Waals surface area contributed by atoms with Gasteiger partial charge in [0.05, 0.1) is 17.5 Å². The van der Waals surface area contributed by atoms with Crippen molar-refractivity contribution in [1.29, 1.82) is 0 Å². The number of carbonyl (C=O) groups is 2. The van der Waals surface area contributed by atoms with Gasteiger partial charge in [-0.2, -0.15) is 0 Å². The lowest BCUT2D eigenvalue weighted by atomic mass is 10.0. The van der Waals surface area contributed by atoms with E-state index in [9.17, 15) is 14.0 Å². The van der Waals surface area contributed by atoms with Crippen LogP contribution in [0.25, 0.3) is 0 Å². The minimum atomic E-state index is -1.14. The van der Waals surface area contributed by atoms with Gasteiger partial charge >= 0.3 is 5.97 Å². The Hall–Kier alpha value is -2.55. The minimum Gasteiger partial charge on any atom is -0.481 e. The number of aliphatic carboxylic acids is 1. The largest absolute Gasteiger partial charge is 0.481 e. The van der Waals surface area contributed by atoms with E-state index in [-0.39, 0.29) is 11.6 Å². The third kappa shape index (κ3) is 4.22. The number of rotatable bonds is 6. The van der Waals surface area contributed by atoms with Gasteiger partial charge < -0.3 is 10.4 Å². The van der Waals surface area contributed by atoms with Gasteiger partial charge in [0, 0.05) is 0 Å². The first-order chi connectivity index (χ1) is 10.5. The number of halogens is 2. The van der Waals surface area contributed by atoms with Crippen LogP contribution in [0.2, 0.25) is 5.02 Å². The molecule has 0 aliphatic carbocycles. The molecule has 0 fully saturated rings. The average Bonchev–Trinajstić information content (AvgIpc) is 2.93. The molecular formula is C12H11ClFN5O3. The second kappa shape index (κ2) is 6.94. The summed E-state index contributed by atoms with van der Waals surface area (Å²) in [4.78, 5) is 22.8. The van der Waals surface area contributed by atoms with Gasteiger partial charge in [-0.15, -0.1) is 5.10 Å². The van der Waals surface area contributed by atoms with Crippen LogP contribution < -0.4 is 5.32 Å². The molecule has 0 radical (unpaired) electrons. The molecule has 1 amide bonds. The first kappa shape index (κ1) is 15.8. The topological polar surface area (TPSA) is 110 Å². The van der Waals surface area contributed by atoms with E-state index in [0.717, 1.165) is 6.07 Å². The van der Waals surface area contributed by atoms with Crippen molar-refractivity contribution in [3.05, 3.63) is 40.9 Å². The summed E-state index contributed by atoms with van der Waals surface area (Å²) in [5, 5.41) is 21.6. The number of carboxylic acids is 1. The summed E-state index contributed by atoms with van der Waals surface area (Å²) in [6.45, 7) is -0.181. The number of nitrogens with one attached hydrogen (secondary N) is 1. The molecule has 0 saturated carbocycles. The number of tetrazole rings is 1. The van der Waals surface area contributed by atoms with Crippen LogP contribution in [0.5, 0.6) is 0 Å². The molecule has 2 aromatic rings. The van der Waals surface area contributed by atoms with Gasteiger partial charge in [-0.25, -0.2) is 9.07 Å². The van der Waals surface area contributed by atoms with Gasteiger partial charge in [0.15, 0.2) is 0 Å². The van der Waals surface area contributed by atoms with Crippen LogP contribution in [0, 0.1) is 5.82 Å². The third-order valence-electron chi connectivity index (χ3n) is 2.76. The fourth-order valence-corrected chi connectivity index (χ4v) is 1.91. The Kier molecular flexibility index (Phi) is 4.99. The standard InChI is InChI=1S/C12H11ClFN5O3/c13-8-2-1-7(3-9(8)14)10(4-12(21)22)16-11(20)5-19-6-15-17-18-19/h1-3,6,10H,4-5H2,(H,16,20)(H,21,22). The zero-order chi connectivity index (χ0) is 16.1. The van der Waals surface area contributed by atoms with E-state index in [2.05, 4.69) is 20.8 Å². The van der Waals surface area contributed by atoms with E-state index in [1.165, 1.54) is 23.1 Å². The quantitative estimate of drug-likeness (QED) is 0.812. The molecule has 2 rings (SSSR count). The molecule has 1 heterocycles. The van der Waals surface area contributed by atoms with Crippen molar-refractivity contribution >= 4 is 23.5 Å². The molecule has 0 aliphatic heterocycles. The first-order valence-corrected chi connectivity index (χ1v) is 6.50. The molecular weight excluding hydrogens is 317 g/mol. The highest BCUT2D eigenvalue weighted by atomic mass is 35.5. The number of benzene rings is 1. The maximum absolute atomic E-state index is 13.5. The average molecular weight is 328 g/mol. The van der Waals surface area contributed by atoms with Crippen molar-refractivity contribution in [1.82, 2.24) is 25.5 Å². The molecule has 0 spiro atoms. The fraction of sp³-hybridized carbons (Fsp3) is 0.250. The zero-order valence-electron chi connectivity index (χ0n) is 11.1. The Labute approximate surface area is 128 Å². The summed E-state index contributed by atoms with van der Waals surface area (Å²) in [5.41, 5.74) is 0.300. The highest BCUT2D eigenvalue weighted by Gasteiger charge is 2.19. The van der Waals surface area contributed by atoms with Gasteiger partial charge in [-0.3, -0.25) is 9.59 Å². The van der Waals surface area contributed by atoms with Crippen LogP contribution in [0.15, 0.2) is 24.5 Å². The zero-order valence-corrected chi connectivity index (χ0v) is 11.9. The lowest BCUT2D eigenvalue weighted by molar-refractivity contribution is -0.137. The Bertz CT molecular complexity index is 679. The maximum Gasteiger partial charge on any atom is 0.305 e. The molecule has 0 aliphatic rings. The predicted molar refractivity (Wildman–Crippen MR) is 72.4 cm³/mol. The summed E-state index contributed by atoms with van der Waals surface area (Å²) in [5.74, 6) is -2.33. The summed E-state index contributed by atoms with van der Waals surface area (Å²) in [7, 11) is 0. The number of carboxylic acid groups (broad SMARTS) is 1. The Morgan fingerprint density at radius 3 is 2.82 bits per heavy atom. The normalized spacial score (nSPS) is 11.9. The van der Waals surface area contributed by atoms with Gasteiger partial charge in [0.1, 0.15) is 18.7 Å². The van der Waals surface area contributed by atoms with Crippen molar-refractivity contribution in [2.24, 2.45) is 0 Å². The molecule has 1 atom stereocenters. The lowest BCUT2D eigenvalue weighted by Gasteiger charge is -2.17. The van der Waals surface area contributed by atoms with Crippen LogP contribution in [-0.2, 0) is 16.1 Å². The third-order valence-corrected chi connectivity index (χ3v) is 3.06. The number of hydrogen-bond acceptors (Lipinski definition) is 5. The maximum atomic E-state index is 13.5. The number of nitrogens with zero attached hydrogens (tertiary/aromatic N) is 4. The second-order valence-electron chi connectivity index (χ2n) is 4.40. The summed E-state index contributed by atoms with van der Waals surface area (Å²) in [6, 6.07) is 2.95. The van der Waals surface area contributed by atoms with E-state index < -0.39 is 30.2 Å². The van der Waals surface area contributed by atoms with Crippen molar-refractivity contribution in [2.45, 2.75) is 19.0 Å². The van der Waals surface area contributed by atoms with Crippen LogP contribution >= 0.6 is 11.6 Å². The molecule has 8 nitrogen and oxygen atoms in total. The molecule has 116 valence electrons. The van der Waals surface area contributed by atoms with Crippen LogP contribution in [0.1, 0.15) is 18.0 Å². The van der Waals surface area contributed by atoms with Crippen molar-refractivity contribution in [2.75, 3.05) is 0 Å². The van der Waals surface area contributed by atoms with Gasteiger partial charge in [-0.05, 0) is 28.1 Å². The summed E-state index contributed by atoms with van der Waals surface area (Å²) in [6.07, 6.45) is 0.843. The van der Waals surface area contributed by atoms with E-state index >= 15 is 0 Å². The summed E-state index contributed by atoms with van der Waals surface area (Å²) < 4.78 is 14.7. The second-order valence-corrected chi connectivity index (χ2v) is 4.81. The van der Waals surface area contributed by atoms with Crippen molar-refractivity contribution < 1.29 is 19.1 Å². The van der Waals surface area contributed by atoms with E-state index in [1.807, 2.05) is 0 Å². The fourth-order valence-electron chi connectivity index (χ4n) is 1.80. The molecule has 0 saturated heterocycles. The van der Waals surface area contributed by atoms with Gasteiger partial charge in [0.25, 0.3) is 0 Å². The Balaban J connectivity index is 2.13. The molecule has 22 heavy (non-hydrogen) atoms. The Morgan fingerprint density at radius 1 is 1.45 bits per heavy atom. The SMILES string of the molecule is O=C(O)CC(NC(=O)Cn1cnnn1)c1ccc(Cl)c(F)c1. The van der Waals surface area contributed by atoms with Crippen LogP contribution in [0.4, 0.5) is 4.39 Å². The predicted octanol–water partition coefficient (Wildman–Crippen LogP) is 0.798. The summed E-state index contributed by atoms with van der Waals surface area (Å²) >= 11 is 5.59. The first-order valence-electron chi connectivity index (χ1n) is 6.12. The molecule has 1 aromatic carbocycles. The molecule has 1 aromatic heterocycles. The highest BCUT2D eigenvalue weighted by molar-refractivity contribution is 6.30. The lowest BCUT2D eigenvalue weighted by Crippen LogP contribution is -2.33. The monoisotopic (exact) mass is 327 g/mol. The molecule has 2 N–H and O–H groups in total. The molecule has 1 unspecified atom stereocenters. The number of amides is 1. The number of carbonyl (C=O) groups excluding carboxylic acids is 1. The highest BCUT2D eigenvalue weighted by Crippen LogP contribution is 2.22. The van der Waals surface area contributed by atoms with E-state index in [1.54, 1.807) is 0 Å². The number of hydrogen-bond donors (Lipinski definition) is 2. The molecule has 0 bridgehead atoms. The smallest absolute Gasteiger partial charge is 0.305 e. The minimum absolute atomic E-state index is 0.0853. The van der Waals surface area contributed by atoms with E-state index in [0.29, 0.717) is 5.56 Å². The van der Waals surface area contributed by atoms with Gasteiger partial charge in [-0.1, -0.05) is 17.7 Å².